The maximum atomic E-state index is 9.59. The third-order valence-corrected chi connectivity index (χ3v) is 2.47. The van der Waals surface area contributed by atoms with Crippen LogP contribution in [0.4, 0.5) is 0 Å². The van der Waals surface area contributed by atoms with Gasteiger partial charge in [-0.1, -0.05) is 24.3 Å². The van der Waals surface area contributed by atoms with E-state index in [0.29, 0.717) is 11.8 Å². The van der Waals surface area contributed by atoms with E-state index < -0.39 is 0 Å². The first-order valence-electron chi connectivity index (χ1n) is 3.89. The molecule has 0 aromatic rings. The molecule has 2 atom stereocenters. The average Bonchev–Trinajstić information content (AvgIpc) is 2.06. The zero-order valence-electron chi connectivity index (χ0n) is 5.90. The molecule has 2 rings (SSSR count). The highest BCUT2D eigenvalue weighted by Crippen LogP contribution is 2.31. The lowest BCUT2D eigenvalue weighted by molar-refractivity contribution is 0.106. The van der Waals surface area contributed by atoms with Crippen molar-refractivity contribution in [1.29, 1.82) is 0 Å². The Morgan fingerprint density at radius 2 is 1.50 bits per heavy atom. The predicted octanol–water partition coefficient (Wildman–Crippen LogP) is 1.50. The number of aliphatic hydroxyl groups is 1. The number of fused-ring (bicyclic) bond motifs is 2. The van der Waals surface area contributed by atoms with Gasteiger partial charge in [0.1, 0.15) is 0 Å². The van der Waals surface area contributed by atoms with E-state index in [1.54, 1.807) is 0 Å². The predicted molar refractivity (Wildman–Crippen MR) is 40.5 cm³/mol. The van der Waals surface area contributed by atoms with Crippen LogP contribution in [0.1, 0.15) is 12.8 Å². The summed E-state index contributed by atoms with van der Waals surface area (Å²) in [7, 11) is 0. The molecule has 0 aliphatic heterocycles. The van der Waals surface area contributed by atoms with Gasteiger partial charge in [-0.2, -0.15) is 0 Å². The Morgan fingerprint density at radius 3 is 2.00 bits per heavy atom. The maximum absolute atomic E-state index is 9.59. The number of hydrogen-bond donors (Lipinski definition) is 1. The summed E-state index contributed by atoms with van der Waals surface area (Å²) in [6, 6.07) is 0. The van der Waals surface area contributed by atoms with E-state index in [2.05, 4.69) is 24.3 Å². The lowest BCUT2D eigenvalue weighted by atomic mass is 9.98. The van der Waals surface area contributed by atoms with Gasteiger partial charge in [-0.05, 0) is 12.8 Å². The highest BCUT2D eigenvalue weighted by atomic mass is 16.3. The smallest absolute Gasteiger partial charge is 0.0671 e. The highest BCUT2D eigenvalue weighted by Gasteiger charge is 2.29. The van der Waals surface area contributed by atoms with E-state index in [9.17, 15) is 5.11 Å². The average molecular weight is 136 g/mol. The minimum atomic E-state index is -0.102. The Morgan fingerprint density at radius 1 is 1.00 bits per heavy atom. The minimum Gasteiger partial charge on any atom is -0.392 e. The largest absolute Gasteiger partial charge is 0.392 e. The van der Waals surface area contributed by atoms with E-state index in [4.69, 9.17) is 0 Å². The van der Waals surface area contributed by atoms with Gasteiger partial charge in [0.2, 0.25) is 0 Å². The quantitative estimate of drug-likeness (QED) is 0.500. The molecule has 2 unspecified atom stereocenters. The third kappa shape index (κ3) is 0.816. The van der Waals surface area contributed by atoms with Crippen LogP contribution < -0.4 is 0 Å². The van der Waals surface area contributed by atoms with Crippen LogP contribution in [-0.4, -0.2) is 11.2 Å². The van der Waals surface area contributed by atoms with E-state index in [0.717, 1.165) is 12.8 Å². The van der Waals surface area contributed by atoms with E-state index in [1.807, 2.05) is 0 Å². The lowest BCUT2D eigenvalue weighted by Crippen LogP contribution is -2.19. The molecular formula is C9H12O. The number of rotatable bonds is 0. The van der Waals surface area contributed by atoms with Crippen molar-refractivity contribution in [2.24, 2.45) is 11.8 Å². The number of hydrogen-bond acceptors (Lipinski definition) is 1. The molecule has 0 fully saturated rings. The van der Waals surface area contributed by atoms with Crippen molar-refractivity contribution in [3.8, 4) is 0 Å². The van der Waals surface area contributed by atoms with Crippen LogP contribution in [-0.2, 0) is 0 Å². The van der Waals surface area contributed by atoms with Crippen LogP contribution in [0, 0.1) is 11.8 Å². The summed E-state index contributed by atoms with van der Waals surface area (Å²) in [4.78, 5) is 0. The molecule has 1 nitrogen and oxygen atoms in total. The second kappa shape index (κ2) is 2.24. The van der Waals surface area contributed by atoms with Crippen LogP contribution >= 0.6 is 0 Å². The fraction of sp³-hybridized carbons (Fsp3) is 0.556. The van der Waals surface area contributed by atoms with Gasteiger partial charge in [-0.25, -0.2) is 0 Å². The molecule has 2 bridgehead atoms. The molecule has 0 spiro atoms. The highest BCUT2D eigenvalue weighted by molar-refractivity contribution is 5.13. The van der Waals surface area contributed by atoms with E-state index in [-0.39, 0.29) is 6.10 Å². The minimum absolute atomic E-state index is 0.102. The first kappa shape index (κ1) is 6.17. The number of allylic oxidation sites excluding steroid dienone is 2. The van der Waals surface area contributed by atoms with Crippen molar-refractivity contribution < 1.29 is 5.11 Å². The molecular weight excluding hydrogens is 124 g/mol. The zero-order chi connectivity index (χ0) is 6.97. The maximum Gasteiger partial charge on any atom is 0.0671 e. The molecule has 0 saturated heterocycles. The Bertz CT molecular complexity index is 163. The van der Waals surface area contributed by atoms with Gasteiger partial charge in [0, 0.05) is 11.8 Å². The van der Waals surface area contributed by atoms with Gasteiger partial charge in [0.05, 0.1) is 6.10 Å². The van der Waals surface area contributed by atoms with Crippen LogP contribution in [0.5, 0.6) is 0 Å². The fourth-order valence-electron chi connectivity index (χ4n) is 1.77. The summed E-state index contributed by atoms with van der Waals surface area (Å²) in [6.45, 7) is 0. The normalized spacial score (nSPS) is 43.9. The van der Waals surface area contributed by atoms with Gasteiger partial charge in [0.15, 0.2) is 0 Å². The Hall–Kier alpha value is -0.560. The third-order valence-electron chi connectivity index (χ3n) is 2.47. The molecule has 10 heavy (non-hydrogen) atoms. The van der Waals surface area contributed by atoms with Gasteiger partial charge in [-0.15, -0.1) is 0 Å². The van der Waals surface area contributed by atoms with Crippen LogP contribution in [0.2, 0.25) is 0 Å². The monoisotopic (exact) mass is 136 g/mol. The molecule has 0 radical (unpaired) electrons. The topological polar surface area (TPSA) is 20.2 Å². The lowest BCUT2D eigenvalue weighted by Gasteiger charge is -2.14. The fourth-order valence-corrected chi connectivity index (χ4v) is 1.77. The SMILES string of the molecule is OC1C2C=CC1CC=CC2. The molecule has 2 aliphatic carbocycles. The van der Waals surface area contributed by atoms with Gasteiger partial charge in [-0.3, -0.25) is 0 Å². The summed E-state index contributed by atoms with van der Waals surface area (Å²) >= 11 is 0. The molecule has 0 heterocycles. The Labute approximate surface area is 61.1 Å². The summed E-state index contributed by atoms with van der Waals surface area (Å²) in [5.41, 5.74) is 0. The second-order valence-electron chi connectivity index (χ2n) is 3.15. The molecule has 1 N–H and O–H groups in total. The van der Waals surface area contributed by atoms with Crippen molar-refractivity contribution in [1.82, 2.24) is 0 Å². The summed E-state index contributed by atoms with van der Waals surface area (Å²) in [5.74, 6) is 0.812. The van der Waals surface area contributed by atoms with Gasteiger partial charge < -0.3 is 5.11 Å². The Balaban J connectivity index is 2.21. The van der Waals surface area contributed by atoms with Gasteiger partial charge in [0.25, 0.3) is 0 Å². The Kier molecular flexibility index (Phi) is 1.38. The standard InChI is InChI=1S/C9H12O/c10-9-7-3-1-2-4-8(9)6-5-7/h1-2,5-10H,3-4H2. The van der Waals surface area contributed by atoms with E-state index >= 15 is 0 Å². The zero-order valence-corrected chi connectivity index (χ0v) is 5.90. The van der Waals surface area contributed by atoms with Gasteiger partial charge >= 0.3 is 0 Å². The molecule has 0 aromatic heterocycles. The first-order valence-corrected chi connectivity index (χ1v) is 3.89. The molecule has 0 amide bonds. The molecule has 2 aliphatic rings. The molecule has 0 saturated carbocycles. The molecule has 54 valence electrons. The van der Waals surface area contributed by atoms with Crippen molar-refractivity contribution in [2.75, 3.05) is 0 Å². The van der Waals surface area contributed by atoms with Crippen LogP contribution in [0.15, 0.2) is 24.3 Å². The van der Waals surface area contributed by atoms with Crippen LogP contribution in [0.3, 0.4) is 0 Å². The summed E-state index contributed by atoms with van der Waals surface area (Å²) in [6.07, 6.45) is 10.6. The second-order valence-corrected chi connectivity index (χ2v) is 3.15. The summed E-state index contributed by atoms with van der Waals surface area (Å²) < 4.78 is 0. The van der Waals surface area contributed by atoms with Crippen LogP contribution in [0.25, 0.3) is 0 Å². The summed E-state index contributed by atoms with van der Waals surface area (Å²) in [5, 5.41) is 9.59. The van der Waals surface area contributed by atoms with E-state index in [1.165, 1.54) is 0 Å². The van der Waals surface area contributed by atoms with Crippen molar-refractivity contribution in [2.45, 2.75) is 18.9 Å². The van der Waals surface area contributed by atoms with Crippen molar-refractivity contribution in [3.05, 3.63) is 24.3 Å². The van der Waals surface area contributed by atoms with Crippen molar-refractivity contribution >= 4 is 0 Å². The molecule has 1 heteroatoms. The first-order chi connectivity index (χ1) is 4.88. The van der Waals surface area contributed by atoms with Crippen molar-refractivity contribution in [3.63, 3.8) is 0 Å². The molecule has 0 aromatic carbocycles. The number of aliphatic hydroxyl groups excluding tert-OH is 1.